The second-order valence-electron chi connectivity index (χ2n) is 6.55. The van der Waals surface area contributed by atoms with Gasteiger partial charge >= 0.3 is 5.25 Å². The van der Waals surface area contributed by atoms with Crippen molar-refractivity contribution < 1.29 is 25.6 Å². The molecular weight excluding hydrogens is 408 g/mol. The molecule has 0 atom stereocenters. The van der Waals surface area contributed by atoms with Gasteiger partial charge < -0.3 is 0 Å². The quantitative estimate of drug-likeness (QED) is 0.566. The molecule has 0 N–H and O–H groups in total. The van der Waals surface area contributed by atoms with Crippen LogP contribution >= 0.6 is 0 Å². The molecule has 0 heterocycles. The summed E-state index contributed by atoms with van der Waals surface area (Å²) in [5.74, 6) is 0. The summed E-state index contributed by atoms with van der Waals surface area (Å²) >= 11 is 0. The van der Waals surface area contributed by atoms with E-state index in [1.807, 2.05) is 6.92 Å². The average Bonchev–Trinajstić information content (AvgIpc) is 2.66. The maximum absolute atomic E-state index is 14.2. The van der Waals surface area contributed by atoms with Crippen molar-refractivity contribution >= 4 is 19.9 Å². The summed E-state index contributed by atoms with van der Waals surface area (Å²) in [5, 5.41) is -3.91. The minimum absolute atomic E-state index is 0.0116. The monoisotopic (exact) mass is 431 g/mol. The largest absolute Gasteiger partial charge is 0.350 e. The minimum Gasteiger partial charge on any atom is -0.217 e. The lowest BCUT2D eigenvalue weighted by Crippen LogP contribution is -2.30. The summed E-state index contributed by atoms with van der Waals surface area (Å²) in [5.41, 5.74) is 0.920. The summed E-state index contributed by atoms with van der Waals surface area (Å²) in [6, 6.07) is 12.9. The lowest BCUT2D eigenvalue weighted by molar-refractivity contribution is 0.0787. The van der Waals surface area contributed by atoms with Crippen molar-refractivity contribution in [3.05, 3.63) is 60.2 Å². The summed E-state index contributed by atoms with van der Waals surface area (Å²) in [6.07, 6.45) is -0.892. The molecule has 0 aliphatic rings. The molecule has 0 aliphatic heterocycles. The number of halogens is 2. The topological polar surface area (TPSA) is 71.5 Å². The number of sulfonamides is 1. The van der Waals surface area contributed by atoms with Crippen molar-refractivity contribution in [1.29, 1.82) is 0 Å². The average molecular weight is 432 g/mol. The Kier molecular flexibility index (Phi) is 6.95. The highest BCUT2D eigenvalue weighted by Crippen LogP contribution is 2.33. The van der Waals surface area contributed by atoms with E-state index in [0.717, 1.165) is 22.0 Å². The van der Waals surface area contributed by atoms with Crippen molar-refractivity contribution in [1.82, 2.24) is 4.31 Å². The molecule has 5 nitrogen and oxygen atoms in total. The van der Waals surface area contributed by atoms with Crippen LogP contribution in [0.4, 0.5) is 8.78 Å². The zero-order valence-corrected chi connectivity index (χ0v) is 17.3. The number of nitrogens with zero attached hydrogens (tertiary/aromatic N) is 1. The third kappa shape index (κ3) is 4.95. The van der Waals surface area contributed by atoms with Crippen LogP contribution in [0.2, 0.25) is 0 Å². The normalized spacial score (nSPS) is 13.0. The molecule has 0 saturated carbocycles. The van der Waals surface area contributed by atoms with Gasteiger partial charge in [0, 0.05) is 20.0 Å². The van der Waals surface area contributed by atoms with Gasteiger partial charge in [-0.1, -0.05) is 35.9 Å². The fourth-order valence-electron chi connectivity index (χ4n) is 2.58. The molecule has 2 aromatic rings. The van der Waals surface area contributed by atoms with Gasteiger partial charge in [-0.2, -0.15) is 8.78 Å². The molecule has 0 spiro atoms. The van der Waals surface area contributed by atoms with Gasteiger partial charge in [0.25, 0.3) is 0 Å². The van der Waals surface area contributed by atoms with Crippen molar-refractivity contribution in [2.75, 3.05) is 13.6 Å². The van der Waals surface area contributed by atoms with E-state index < -0.39 is 36.4 Å². The fourth-order valence-corrected chi connectivity index (χ4v) is 5.06. The Bertz CT molecular complexity index is 990. The van der Waals surface area contributed by atoms with Crippen LogP contribution < -0.4 is 0 Å². The Morgan fingerprint density at radius 2 is 1.43 bits per heavy atom. The van der Waals surface area contributed by atoms with Crippen LogP contribution in [0.15, 0.2) is 64.4 Å². The van der Waals surface area contributed by atoms with Gasteiger partial charge in [-0.15, -0.1) is 0 Å². The highest BCUT2D eigenvalue weighted by molar-refractivity contribution is 7.92. The first-order valence-electron chi connectivity index (χ1n) is 8.69. The number of rotatable bonds is 9. The predicted octanol–water partition coefficient (Wildman–Crippen LogP) is 3.85. The molecule has 0 bridgehead atoms. The maximum atomic E-state index is 14.2. The van der Waals surface area contributed by atoms with Crippen LogP contribution in [-0.2, 0) is 19.9 Å². The summed E-state index contributed by atoms with van der Waals surface area (Å²) in [6.45, 7) is 1.85. The minimum atomic E-state index is -4.78. The zero-order valence-electron chi connectivity index (χ0n) is 15.7. The Hall–Kier alpha value is -1.84. The number of hydrogen-bond acceptors (Lipinski definition) is 4. The van der Waals surface area contributed by atoms with E-state index in [1.165, 1.54) is 31.3 Å². The second kappa shape index (κ2) is 8.67. The van der Waals surface area contributed by atoms with E-state index in [0.29, 0.717) is 0 Å². The summed E-state index contributed by atoms with van der Waals surface area (Å²) in [7, 11) is -7.13. The Labute approximate surface area is 165 Å². The molecular formula is C19H23F2NO4S2. The first-order chi connectivity index (χ1) is 13.0. The van der Waals surface area contributed by atoms with Gasteiger partial charge in [0.1, 0.15) is 0 Å². The predicted molar refractivity (Wildman–Crippen MR) is 103 cm³/mol. The van der Waals surface area contributed by atoms with Crippen LogP contribution in [0.1, 0.15) is 24.8 Å². The van der Waals surface area contributed by atoms with Crippen LogP contribution in [0.25, 0.3) is 0 Å². The van der Waals surface area contributed by atoms with E-state index in [4.69, 9.17) is 0 Å². The van der Waals surface area contributed by atoms with Gasteiger partial charge in [0.15, 0.2) is 0 Å². The molecule has 0 aromatic heterocycles. The molecule has 2 aromatic carbocycles. The summed E-state index contributed by atoms with van der Waals surface area (Å²) in [4.78, 5) is -0.309. The second-order valence-corrected chi connectivity index (χ2v) is 10.7. The smallest absolute Gasteiger partial charge is 0.217 e. The Balaban J connectivity index is 1.95. The molecule has 28 heavy (non-hydrogen) atoms. The van der Waals surface area contributed by atoms with Gasteiger partial charge in [-0.05, 0) is 44.0 Å². The zero-order chi connectivity index (χ0) is 21.0. The third-order valence-electron chi connectivity index (χ3n) is 4.37. The van der Waals surface area contributed by atoms with E-state index in [2.05, 4.69) is 0 Å². The lowest BCUT2D eigenvalue weighted by atomic mass is 10.2. The number of hydrogen-bond donors (Lipinski definition) is 0. The molecule has 0 fully saturated rings. The highest BCUT2D eigenvalue weighted by atomic mass is 32.2. The number of unbranched alkanes of at least 4 members (excludes halogenated alkanes) is 1. The van der Waals surface area contributed by atoms with Crippen molar-refractivity contribution in [3.8, 4) is 0 Å². The third-order valence-corrected chi connectivity index (χ3v) is 8.12. The number of sulfone groups is 1. The maximum Gasteiger partial charge on any atom is 0.350 e. The van der Waals surface area contributed by atoms with Gasteiger partial charge in [-0.3, -0.25) is 0 Å². The number of aryl methyl sites for hydroxylation is 1. The highest BCUT2D eigenvalue weighted by Gasteiger charge is 2.45. The fraction of sp³-hybridized carbons (Fsp3) is 0.368. The standard InChI is InChI=1S/C19H23F2NO4S2/c1-16-10-12-18(13-11-16)28(25,26)22(2)15-7-6-14-19(20,21)27(23,24)17-8-4-3-5-9-17/h3-5,8-13H,6-7,14-15H2,1-2H3. The number of alkyl halides is 2. The molecule has 0 saturated heterocycles. The molecule has 0 unspecified atom stereocenters. The van der Waals surface area contributed by atoms with E-state index in [-0.39, 0.29) is 24.3 Å². The van der Waals surface area contributed by atoms with Crippen molar-refractivity contribution in [3.63, 3.8) is 0 Å². The van der Waals surface area contributed by atoms with Crippen LogP contribution in [0, 0.1) is 6.92 Å². The van der Waals surface area contributed by atoms with Crippen LogP contribution in [-0.4, -0.2) is 40.0 Å². The Morgan fingerprint density at radius 3 is 2.00 bits per heavy atom. The van der Waals surface area contributed by atoms with Crippen molar-refractivity contribution in [2.45, 2.75) is 41.2 Å². The van der Waals surface area contributed by atoms with Crippen LogP contribution in [0.3, 0.4) is 0 Å². The van der Waals surface area contributed by atoms with Gasteiger partial charge in [-0.25, -0.2) is 21.1 Å². The van der Waals surface area contributed by atoms with E-state index in [1.54, 1.807) is 18.2 Å². The molecule has 0 amide bonds. The number of benzene rings is 2. The van der Waals surface area contributed by atoms with Crippen molar-refractivity contribution in [2.24, 2.45) is 0 Å². The molecule has 0 aliphatic carbocycles. The lowest BCUT2D eigenvalue weighted by Gasteiger charge is -2.19. The SMILES string of the molecule is Cc1ccc(S(=O)(=O)N(C)CCCCC(F)(F)S(=O)(=O)c2ccccc2)cc1. The summed E-state index contributed by atoms with van der Waals surface area (Å²) < 4.78 is 78.7. The molecule has 9 heteroatoms. The van der Waals surface area contributed by atoms with Crippen LogP contribution in [0.5, 0.6) is 0 Å². The van der Waals surface area contributed by atoms with Gasteiger partial charge in [0.05, 0.1) is 9.79 Å². The molecule has 0 radical (unpaired) electrons. The van der Waals surface area contributed by atoms with E-state index in [9.17, 15) is 25.6 Å². The van der Waals surface area contributed by atoms with Gasteiger partial charge in [0.2, 0.25) is 19.9 Å². The Morgan fingerprint density at radius 1 is 0.857 bits per heavy atom. The molecule has 2 rings (SSSR count). The first-order valence-corrected chi connectivity index (χ1v) is 11.6. The van der Waals surface area contributed by atoms with E-state index >= 15 is 0 Å². The molecule has 154 valence electrons. The first kappa shape index (κ1) is 22.4.